The minimum Gasteiger partial charge on any atom is -0.487 e. The largest absolute Gasteiger partial charge is 0.487 e. The fourth-order valence-electron chi connectivity index (χ4n) is 2.88. The van der Waals surface area contributed by atoms with Crippen molar-refractivity contribution in [2.75, 3.05) is 6.61 Å². The molecule has 2 fully saturated rings. The second-order valence-corrected chi connectivity index (χ2v) is 5.55. The van der Waals surface area contributed by atoms with E-state index in [2.05, 4.69) is 0 Å². The van der Waals surface area contributed by atoms with Crippen LogP contribution >= 0.6 is 0 Å². The van der Waals surface area contributed by atoms with E-state index in [0.29, 0.717) is 5.75 Å². The van der Waals surface area contributed by atoms with Crippen molar-refractivity contribution in [2.24, 2.45) is 0 Å². The van der Waals surface area contributed by atoms with Gasteiger partial charge in [0.25, 0.3) is 0 Å². The first-order valence-corrected chi connectivity index (χ1v) is 6.74. The van der Waals surface area contributed by atoms with E-state index in [1.54, 1.807) is 12.1 Å². The highest BCUT2D eigenvalue weighted by Gasteiger charge is 2.43. The van der Waals surface area contributed by atoms with Crippen molar-refractivity contribution in [3.05, 3.63) is 29.6 Å². The second-order valence-electron chi connectivity index (χ2n) is 5.55. The van der Waals surface area contributed by atoms with E-state index >= 15 is 0 Å². The summed E-state index contributed by atoms with van der Waals surface area (Å²) in [6.45, 7) is 2.68. The van der Waals surface area contributed by atoms with Gasteiger partial charge in [-0.1, -0.05) is 6.07 Å². The van der Waals surface area contributed by atoms with Crippen LogP contribution in [0.5, 0.6) is 5.75 Å². The smallest absolute Gasteiger partial charge is 0.165 e. The number of rotatable bonds is 2. The van der Waals surface area contributed by atoms with Crippen LogP contribution in [0.3, 0.4) is 0 Å². The zero-order valence-electron chi connectivity index (χ0n) is 10.7. The maximum absolute atomic E-state index is 13.7. The fourth-order valence-corrected chi connectivity index (χ4v) is 2.88. The third-order valence-electron chi connectivity index (χ3n) is 4.09. The minimum absolute atomic E-state index is 0.0449. The summed E-state index contributed by atoms with van der Waals surface area (Å²) in [5, 5.41) is 0. The molecule has 1 aromatic rings. The van der Waals surface area contributed by atoms with E-state index in [1.165, 1.54) is 12.5 Å². The van der Waals surface area contributed by atoms with Crippen LogP contribution in [0.25, 0.3) is 0 Å². The summed E-state index contributed by atoms with van der Waals surface area (Å²) in [5.41, 5.74) is 1.07. The van der Waals surface area contributed by atoms with Crippen LogP contribution in [-0.4, -0.2) is 18.3 Å². The lowest BCUT2D eigenvalue weighted by Crippen LogP contribution is -2.48. The summed E-state index contributed by atoms with van der Waals surface area (Å²) < 4.78 is 25.3. The predicted molar refractivity (Wildman–Crippen MR) is 67.3 cm³/mol. The molecule has 3 heteroatoms. The van der Waals surface area contributed by atoms with Gasteiger partial charge in [-0.05, 0) is 43.9 Å². The van der Waals surface area contributed by atoms with Gasteiger partial charge in [0.1, 0.15) is 6.10 Å². The van der Waals surface area contributed by atoms with Crippen LogP contribution < -0.4 is 4.74 Å². The van der Waals surface area contributed by atoms with Crippen molar-refractivity contribution in [3.63, 3.8) is 0 Å². The van der Waals surface area contributed by atoms with Crippen LogP contribution in [0, 0.1) is 12.7 Å². The Bertz CT molecular complexity index is 440. The summed E-state index contributed by atoms with van der Waals surface area (Å²) in [6.07, 6.45) is 5.35. The first kappa shape index (κ1) is 12.0. The maximum atomic E-state index is 13.7. The fraction of sp³-hybridized carbons (Fsp3) is 0.600. The topological polar surface area (TPSA) is 18.5 Å². The van der Waals surface area contributed by atoms with Gasteiger partial charge in [-0.25, -0.2) is 4.39 Å². The standard InChI is InChI=1S/C15H19FO2/c1-11-3-4-13(16)14(9-11)18-12-5-8-17-15(10-12)6-2-7-15/h3-4,9,12H,2,5-8,10H2,1H3. The van der Waals surface area contributed by atoms with E-state index in [0.717, 1.165) is 37.9 Å². The second kappa shape index (κ2) is 4.54. The zero-order chi connectivity index (χ0) is 12.6. The van der Waals surface area contributed by atoms with Crippen molar-refractivity contribution in [2.45, 2.75) is 50.7 Å². The molecule has 0 aromatic heterocycles. The molecule has 1 aromatic carbocycles. The lowest BCUT2D eigenvalue weighted by Gasteiger charge is -2.46. The molecular weight excluding hydrogens is 231 g/mol. The van der Waals surface area contributed by atoms with Crippen molar-refractivity contribution >= 4 is 0 Å². The van der Waals surface area contributed by atoms with Gasteiger partial charge in [-0.2, -0.15) is 0 Å². The van der Waals surface area contributed by atoms with Gasteiger partial charge in [0, 0.05) is 12.8 Å². The lowest BCUT2D eigenvalue weighted by molar-refractivity contribution is -0.153. The Morgan fingerprint density at radius 2 is 2.22 bits per heavy atom. The first-order chi connectivity index (χ1) is 8.67. The highest BCUT2D eigenvalue weighted by Crippen LogP contribution is 2.43. The Kier molecular flexibility index (Phi) is 3.02. The third kappa shape index (κ3) is 2.24. The van der Waals surface area contributed by atoms with Gasteiger partial charge in [0.15, 0.2) is 11.6 Å². The highest BCUT2D eigenvalue weighted by atomic mass is 19.1. The molecule has 1 saturated heterocycles. The van der Waals surface area contributed by atoms with E-state index < -0.39 is 0 Å². The summed E-state index contributed by atoms with van der Waals surface area (Å²) >= 11 is 0. The molecule has 0 N–H and O–H groups in total. The average molecular weight is 250 g/mol. The molecule has 1 spiro atoms. The Hall–Kier alpha value is -1.09. The summed E-state index contributed by atoms with van der Waals surface area (Å²) in [4.78, 5) is 0. The number of hydrogen-bond acceptors (Lipinski definition) is 2. The van der Waals surface area contributed by atoms with Gasteiger partial charge in [-0.3, -0.25) is 0 Å². The van der Waals surface area contributed by atoms with Gasteiger partial charge in [0.05, 0.1) is 12.2 Å². The SMILES string of the molecule is Cc1ccc(F)c(OC2CCOC3(CCC3)C2)c1. The Labute approximate surface area is 107 Å². The van der Waals surface area contributed by atoms with Crippen LogP contribution in [0.1, 0.15) is 37.7 Å². The van der Waals surface area contributed by atoms with E-state index in [1.807, 2.05) is 6.92 Å². The molecule has 18 heavy (non-hydrogen) atoms. The molecule has 1 aliphatic carbocycles. The maximum Gasteiger partial charge on any atom is 0.165 e. The number of halogens is 1. The Balaban J connectivity index is 1.70. The molecule has 1 saturated carbocycles. The number of ether oxygens (including phenoxy) is 2. The molecule has 1 aliphatic heterocycles. The quantitative estimate of drug-likeness (QED) is 0.798. The molecule has 1 heterocycles. The summed E-state index contributed by atoms with van der Waals surface area (Å²) in [6, 6.07) is 5.01. The molecule has 2 aliphatic rings. The molecule has 3 rings (SSSR count). The predicted octanol–water partition coefficient (Wildman–Crippen LogP) is 3.61. The normalized spacial score (nSPS) is 25.8. The highest BCUT2D eigenvalue weighted by molar-refractivity contribution is 5.29. The van der Waals surface area contributed by atoms with Crippen LogP contribution in [-0.2, 0) is 4.74 Å². The molecule has 98 valence electrons. The zero-order valence-corrected chi connectivity index (χ0v) is 10.7. The first-order valence-electron chi connectivity index (χ1n) is 6.74. The monoisotopic (exact) mass is 250 g/mol. The van der Waals surface area contributed by atoms with Gasteiger partial charge in [-0.15, -0.1) is 0 Å². The third-order valence-corrected chi connectivity index (χ3v) is 4.09. The Morgan fingerprint density at radius 1 is 1.39 bits per heavy atom. The van der Waals surface area contributed by atoms with Gasteiger partial charge in [0.2, 0.25) is 0 Å². The molecule has 0 amide bonds. The molecule has 0 bridgehead atoms. The van der Waals surface area contributed by atoms with E-state index in [-0.39, 0.29) is 17.5 Å². The Morgan fingerprint density at radius 3 is 2.94 bits per heavy atom. The minimum atomic E-state index is -0.269. The van der Waals surface area contributed by atoms with Gasteiger partial charge >= 0.3 is 0 Å². The van der Waals surface area contributed by atoms with Crippen molar-refractivity contribution < 1.29 is 13.9 Å². The number of aryl methyl sites for hydroxylation is 1. The van der Waals surface area contributed by atoms with Crippen molar-refractivity contribution in [1.82, 2.24) is 0 Å². The molecule has 1 atom stereocenters. The summed E-state index contributed by atoms with van der Waals surface area (Å²) in [5.74, 6) is 0.117. The number of hydrogen-bond donors (Lipinski definition) is 0. The lowest BCUT2D eigenvalue weighted by atomic mass is 9.74. The molecular formula is C15H19FO2. The molecule has 2 nitrogen and oxygen atoms in total. The average Bonchev–Trinajstić information content (AvgIpc) is 2.32. The van der Waals surface area contributed by atoms with Crippen molar-refractivity contribution in [1.29, 1.82) is 0 Å². The van der Waals surface area contributed by atoms with Crippen LogP contribution in [0.15, 0.2) is 18.2 Å². The van der Waals surface area contributed by atoms with Crippen molar-refractivity contribution in [3.8, 4) is 5.75 Å². The summed E-state index contributed by atoms with van der Waals surface area (Å²) in [7, 11) is 0. The van der Waals surface area contributed by atoms with Crippen LogP contribution in [0.4, 0.5) is 4.39 Å². The van der Waals surface area contributed by atoms with Crippen LogP contribution in [0.2, 0.25) is 0 Å². The van der Waals surface area contributed by atoms with Gasteiger partial charge < -0.3 is 9.47 Å². The number of benzene rings is 1. The van der Waals surface area contributed by atoms with E-state index in [4.69, 9.17) is 9.47 Å². The molecule has 0 radical (unpaired) electrons. The molecule has 1 unspecified atom stereocenters. The van der Waals surface area contributed by atoms with E-state index in [9.17, 15) is 4.39 Å².